The number of carbonyl (C=O) groups excluding carboxylic acids is 1. The first-order valence-corrected chi connectivity index (χ1v) is 8.11. The number of benzene rings is 2. The van der Waals surface area contributed by atoms with Crippen molar-refractivity contribution < 1.29 is 13.6 Å². The van der Waals surface area contributed by atoms with E-state index in [9.17, 15) is 13.6 Å². The number of hydrogen-bond acceptors (Lipinski definition) is 2. The Bertz CT molecular complexity index is 669. The molecular weight excluding hydrogens is 431 g/mol. The van der Waals surface area contributed by atoms with Crippen LogP contribution in [0.15, 0.2) is 47.4 Å². The number of nitrogens with one attached hydrogen (secondary N) is 1. The van der Waals surface area contributed by atoms with Gasteiger partial charge in [-0.1, -0.05) is 35.5 Å². The molecule has 110 valence electrons. The number of para-hydroxylation sites is 1. The highest BCUT2D eigenvalue weighted by Gasteiger charge is 2.13. The summed E-state index contributed by atoms with van der Waals surface area (Å²) in [5.41, 5.74) is 0.722. The summed E-state index contributed by atoms with van der Waals surface area (Å²) >= 11 is 8.42. The minimum Gasteiger partial charge on any atom is -0.321 e. The second-order valence-corrected chi connectivity index (χ2v) is 6.56. The molecule has 2 rings (SSSR count). The van der Waals surface area contributed by atoms with Crippen LogP contribution in [0.2, 0.25) is 5.02 Å². The van der Waals surface area contributed by atoms with Crippen LogP contribution in [-0.2, 0) is 0 Å². The van der Waals surface area contributed by atoms with E-state index in [0.717, 1.165) is 3.57 Å². The molecule has 0 aliphatic rings. The van der Waals surface area contributed by atoms with Crippen molar-refractivity contribution >= 4 is 57.5 Å². The van der Waals surface area contributed by atoms with Gasteiger partial charge in [-0.3, -0.25) is 4.79 Å². The predicted octanol–water partition coefficient (Wildman–Crippen LogP) is 5.51. The fourth-order valence-electron chi connectivity index (χ4n) is 1.60. The molecule has 0 aliphatic heterocycles. The van der Waals surface area contributed by atoms with E-state index >= 15 is 0 Å². The average Bonchev–Trinajstić information content (AvgIpc) is 2.43. The Morgan fingerprint density at radius 2 is 1.95 bits per heavy atom. The highest BCUT2D eigenvalue weighted by Crippen LogP contribution is 2.32. The number of carbonyl (C=O) groups is 1. The highest BCUT2D eigenvalue weighted by molar-refractivity contribution is 14.1. The van der Waals surface area contributed by atoms with Crippen LogP contribution in [0.5, 0.6) is 0 Å². The molecule has 21 heavy (non-hydrogen) atoms. The molecule has 0 aliphatic carbocycles. The lowest BCUT2D eigenvalue weighted by Gasteiger charge is -2.10. The molecule has 1 N–H and O–H groups in total. The van der Waals surface area contributed by atoms with Gasteiger partial charge >= 0.3 is 0 Å². The van der Waals surface area contributed by atoms with Gasteiger partial charge < -0.3 is 5.32 Å². The average molecular weight is 440 g/mol. The summed E-state index contributed by atoms with van der Waals surface area (Å²) in [7, 11) is 0. The third kappa shape index (κ3) is 4.55. The van der Waals surface area contributed by atoms with E-state index in [0.29, 0.717) is 32.9 Å². The number of halogens is 4. The zero-order chi connectivity index (χ0) is 15.4. The standard InChI is InChI=1S/C14H9ClF2INOS/c15-9-7-8(5-6-10(9)18)13(20)19-11-3-1-2-4-12(11)21-14(16)17/h1-7,14H,(H,19,20). The zero-order valence-corrected chi connectivity index (χ0v) is 14.2. The summed E-state index contributed by atoms with van der Waals surface area (Å²) in [6.07, 6.45) is 0. The van der Waals surface area contributed by atoms with Crippen molar-refractivity contribution in [2.24, 2.45) is 0 Å². The van der Waals surface area contributed by atoms with Gasteiger partial charge in [0.05, 0.1) is 10.7 Å². The molecule has 2 aromatic rings. The molecule has 0 atom stereocenters. The first-order valence-electron chi connectivity index (χ1n) is 5.77. The van der Waals surface area contributed by atoms with E-state index in [1.165, 1.54) is 6.07 Å². The number of hydrogen-bond donors (Lipinski definition) is 1. The minimum absolute atomic E-state index is 0.317. The lowest BCUT2D eigenvalue weighted by Crippen LogP contribution is -2.12. The second-order valence-electron chi connectivity index (χ2n) is 3.96. The lowest BCUT2D eigenvalue weighted by atomic mass is 10.2. The van der Waals surface area contributed by atoms with Crippen molar-refractivity contribution in [2.75, 3.05) is 5.32 Å². The monoisotopic (exact) mass is 439 g/mol. The molecule has 2 aromatic carbocycles. The Hall–Kier alpha value is -0.860. The largest absolute Gasteiger partial charge is 0.321 e. The Balaban J connectivity index is 2.21. The van der Waals surface area contributed by atoms with Gasteiger partial charge in [0, 0.05) is 14.0 Å². The number of alkyl halides is 2. The van der Waals surface area contributed by atoms with Crippen molar-refractivity contribution in [3.63, 3.8) is 0 Å². The normalized spacial score (nSPS) is 10.7. The maximum absolute atomic E-state index is 12.5. The van der Waals surface area contributed by atoms with Crippen LogP contribution < -0.4 is 5.32 Å². The maximum atomic E-state index is 12.5. The van der Waals surface area contributed by atoms with Crippen LogP contribution >= 0.6 is 46.0 Å². The summed E-state index contributed by atoms with van der Waals surface area (Å²) in [6, 6.07) is 11.3. The Kier molecular flexibility index (Phi) is 5.83. The van der Waals surface area contributed by atoms with Crippen LogP contribution in [-0.4, -0.2) is 11.7 Å². The first kappa shape index (κ1) is 16.5. The molecule has 0 radical (unpaired) electrons. The molecular formula is C14H9ClF2INOS. The van der Waals surface area contributed by atoms with Crippen molar-refractivity contribution in [3.05, 3.63) is 56.6 Å². The van der Waals surface area contributed by atoms with Crippen LogP contribution in [0, 0.1) is 3.57 Å². The van der Waals surface area contributed by atoms with E-state index in [2.05, 4.69) is 27.9 Å². The van der Waals surface area contributed by atoms with Gasteiger partial charge in [-0.15, -0.1) is 0 Å². The zero-order valence-electron chi connectivity index (χ0n) is 10.4. The number of rotatable bonds is 4. The van der Waals surface area contributed by atoms with Gasteiger partial charge in [-0.05, 0) is 52.9 Å². The molecule has 0 bridgehead atoms. The van der Waals surface area contributed by atoms with E-state index in [1.54, 1.807) is 36.4 Å². The number of thioether (sulfide) groups is 1. The Morgan fingerprint density at radius 1 is 1.24 bits per heavy atom. The quantitative estimate of drug-likeness (QED) is 0.503. The van der Waals surface area contributed by atoms with Crippen LogP contribution in [0.3, 0.4) is 0 Å². The summed E-state index contributed by atoms with van der Waals surface area (Å²) in [5, 5.41) is 3.10. The summed E-state index contributed by atoms with van der Waals surface area (Å²) in [5.74, 6) is -2.94. The van der Waals surface area contributed by atoms with Gasteiger partial charge in [0.25, 0.3) is 11.7 Å². The fourth-order valence-corrected chi connectivity index (χ4v) is 2.71. The molecule has 7 heteroatoms. The molecule has 2 nitrogen and oxygen atoms in total. The van der Waals surface area contributed by atoms with Crippen molar-refractivity contribution in [3.8, 4) is 0 Å². The fraction of sp³-hybridized carbons (Fsp3) is 0.0714. The van der Waals surface area contributed by atoms with Crippen molar-refractivity contribution in [1.82, 2.24) is 0 Å². The van der Waals surface area contributed by atoms with E-state index in [1.807, 2.05) is 0 Å². The van der Waals surface area contributed by atoms with Crippen molar-refractivity contribution in [2.45, 2.75) is 10.7 Å². The topological polar surface area (TPSA) is 29.1 Å². The highest BCUT2D eigenvalue weighted by atomic mass is 127. The van der Waals surface area contributed by atoms with Gasteiger partial charge in [0.15, 0.2) is 0 Å². The second kappa shape index (κ2) is 7.42. The van der Waals surface area contributed by atoms with Crippen LogP contribution in [0.25, 0.3) is 0 Å². The van der Waals surface area contributed by atoms with E-state index < -0.39 is 11.7 Å². The molecule has 0 spiro atoms. The third-order valence-electron chi connectivity index (χ3n) is 2.53. The molecule has 0 unspecified atom stereocenters. The van der Waals surface area contributed by atoms with Gasteiger partial charge in [0.1, 0.15) is 0 Å². The van der Waals surface area contributed by atoms with Crippen LogP contribution in [0.4, 0.5) is 14.5 Å². The SMILES string of the molecule is O=C(Nc1ccccc1SC(F)F)c1ccc(I)c(Cl)c1. The molecule has 0 heterocycles. The lowest BCUT2D eigenvalue weighted by molar-refractivity contribution is 0.102. The summed E-state index contributed by atoms with van der Waals surface area (Å²) in [4.78, 5) is 12.5. The van der Waals surface area contributed by atoms with Crippen LogP contribution in [0.1, 0.15) is 10.4 Å². The molecule has 0 saturated carbocycles. The predicted molar refractivity (Wildman–Crippen MR) is 90.4 cm³/mol. The smallest absolute Gasteiger partial charge is 0.288 e. The summed E-state index contributed by atoms with van der Waals surface area (Å²) in [6.45, 7) is 0. The first-order chi connectivity index (χ1) is 9.97. The molecule has 1 amide bonds. The number of anilines is 1. The molecule has 0 saturated heterocycles. The number of amides is 1. The minimum atomic E-state index is -2.55. The van der Waals surface area contributed by atoms with Crippen molar-refractivity contribution in [1.29, 1.82) is 0 Å². The Labute approximate surface area is 143 Å². The molecule has 0 aromatic heterocycles. The van der Waals surface area contributed by atoms with E-state index in [-0.39, 0.29) is 0 Å². The maximum Gasteiger partial charge on any atom is 0.288 e. The third-order valence-corrected chi connectivity index (χ3v) is 4.89. The van der Waals surface area contributed by atoms with Gasteiger partial charge in [0.2, 0.25) is 0 Å². The van der Waals surface area contributed by atoms with Gasteiger partial charge in [-0.25, -0.2) is 0 Å². The molecule has 0 fully saturated rings. The van der Waals surface area contributed by atoms with Gasteiger partial charge in [-0.2, -0.15) is 8.78 Å². The Morgan fingerprint density at radius 3 is 2.62 bits per heavy atom. The van der Waals surface area contributed by atoms with E-state index in [4.69, 9.17) is 11.6 Å². The summed E-state index contributed by atoms with van der Waals surface area (Å²) < 4.78 is 25.8.